The Morgan fingerprint density at radius 1 is 0.815 bits per heavy atom. The van der Waals surface area contributed by atoms with Gasteiger partial charge in [0.1, 0.15) is 16.5 Å². The highest BCUT2D eigenvalue weighted by atomic mass is 35.5. The Bertz CT molecular complexity index is 1100. The lowest BCUT2D eigenvalue weighted by atomic mass is 10.1. The van der Waals surface area contributed by atoms with Crippen LogP contribution in [-0.4, -0.2) is 10.2 Å². The second-order valence-corrected chi connectivity index (χ2v) is 7.70. The van der Waals surface area contributed by atoms with E-state index in [-0.39, 0.29) is 5.82 Å². The fourth-order valence-electron chi connectivity index (χ4n) is 2.82. The first-order chi connectivity index (χ1) is 13.1. The molecule has 0 radical (unpaired) electrons. The van der Waals surface area contributed by atoms with E-state index in [1.165, 1.54) is 17.8 Å². The quantitative estimate of drug-likeness (QED) is 0.335. The largest absolute Gasteiger partial charge is 0.207 e. The third-order valence-corrected chi connectivity index (χ3v) is 5.80. The molecule has 3 aromatic carbocycles. The van der Waals surface area contributed by atoms with Gasteiger partial charge in [0.2, 0.25) is 0 Å². The highest BCUT2D eigenvalue weighted by molar-refractivity contribution is 7.98. The van der Waals surface area contributed by atoms with E-state index < -0.39 is 0 Å². The van der Waals surface area contributed by atoms with Crippen molar-refractivity contribution in [1.82, 2.24) is 10.2 Å². The zero-order chi connectivity index (χ0) is 18.8. The lowest BCUT2D eigenvalue weighted by Gasteiger charge is -2.10. The van der Waals surface area contributed by atoms with Crippen LogP contribution in [-0.2, 0) is 5.75 Å². The summed E-state index contributed by atoms with van der Waals surface area (Å²) in [6.07, 6.45) is 0. The highest BCUT2D eigenvalue weighted by Crippen LogP contribution is 2.34. The summed E-state index contributed by atoms with van der Waals surface area (Å²) in [6, 6.07) is 20.1. The molecule has 0 aliphatic rings. The van der Waals surface area contributed by atoms with Gasteiger partial charge in [0.05, 0.1) is 0 Å². The first-order valence-electron chi connectivity index (χ1n) is 8.20. The first-order valence-corrected chi connectivity index (χ1v) is 9.94. The second kappa shape index (κ2) is 7.85. The Hall–Kier alpha value is -2.14. The number of benzene rings is 3. The molecule has 4 rings (SSSR count). The van der Waals surface area contributed by atoms with E-state index in [0.717, 1.165) is 27.1 Å². The highest BCUT2D eigenvalue weighted by Gasteiger charge is 2.13. The van der Waals surface area contributed by atoms with Crippen molar-refractivity contribution in [3.05, 3.63) is 88.2 Å². The van der Waals surface area contributed by atoms with Gasteiger partial charge in [0.15, 0.2) is 0 Å². The molecule has 0 aliphatic heterocycles. The summed E-state index contributed by atoms with van der Waals surface area (Å²) >= 11 is 13.5. The van der Waals surface area contributed by atoms with E-state index in [4.69, 9.17) is 23.2 Å². The summed E-state index contributed by atoms with van der Waals surface area (Å²) in [7, 11) is 0. The molecule has 6 heteroatoms. The number of halogens is 3. The molecule has 0 N–H and O–H groups in total. The van der Waals surface area contributed by atoms with E-state index in [9.17, 15) is 4.39 Å². The van der Waals surface area contributed by atoms with Crippen LogP contribution in [0.3, 0.4) is 0 Å². The van der Waals surface area contributed by atoms with Crippen LogP contribution >= 0.6 is 35.0 Å². The Morgan fingerprint density at radius 2 is 1.56 bits per heavy atom. The van der Waals surface area contributed by atoms with Gasteiger partial charge in [0.25, 0.3) is 0 Å². The van der Waals surface area contributed by atoms with Gasteiger partial charge in [-0.2, -0.15) is 0 Å². The van der Waals surface area contributed by atoms with Crippen LogP contribution in [0.15, 0.2) is 71.8 Å². The third kappa shape index (κ3) is 3.79. The van der Waals surface area contributed by atoms with E-state index in [2.05, 4.69) is 10.2 Å². The van der Waals surface area contributed by atoms with Crippen LogP contribution in [0.1, 0.15) is 5.56 Å². The zero-order valence-corrected chi connectivity index (χ0v) is 16.3. The van der Waals surface area contributed by atoms with Crippen molar-refractivity contribution >= 4 is 45.7 Å². The number of thioether (sulfide) groups is 1. The molecule has 0 atom stereocenters. The van der Waals surface area contributed by atoms with Crippen LogP contribution in [0, 0.1) is 5.82 Å². The van der Waals surface area contributed by atoms with Crippen LogP contribution in [0.4, 0.5) is 4.39 Å². The van der Waals surface area contributed by atoms with Crippen molar-refractivity contribution in [2.45, 2.75) is 10.8 Å². The van der Waals surface area contributed by atoms with Crippen molar-refractivity contribution in [2.75, 3.05) is 0 Å². The van der Waals surface area contributed by atoms with Crippen molar-refractivity contribution in [2.24, 2.45) is 0 Å². The number of rotatable bonds is 4. The molecule has 27 heavy (non-hydrogen) atoms. The Balaban J connectivity index is 1.73. The van der Waals surface area contributed by atoms with Crippen molar-refractivity contribution < 1.29 is 4.39 Å². The minimum atomic E-state index is -0.315. The number of hydrogen-bond donors (Lipinski definition) is 0. The van der Waals surface area contributed by atoms with Gasteiger partial charge in [-0.05, 0) is 24.3 Å². The molecule has 0 saturated carbocycles. The molecule has 0 bridgehead atoms. The van der Waals surface area contributed by atoms with E-state index in [0.29, 0.717) is 21.4 Å². The SMILES string of the molecule is Fc1cccc(Cl)c1CSc1nnc(-c2ccc(Cl)cc2)c2ccccc12. The van der Waals surface area contributed by atoms with Crippen LogP contribution in [0.25, 0.3) is 22.0 Å². The minimum Gasteiger partial charge on any atom is -0.207 e. The lowest BCUT2D eigenvalue weighted by Crippen LogP contribution is -1.95. The number of aromatic nitrogens is 2. The van der Waals surface area contributed by atoms with Crippen LogP contribution in [0.5, 0.6) is 0 Å². The molecule has 0 spiro atoms. The monoisotopic (exact) mass is 414 g/mol. The van der Waals surface area contributed by atoms with Crippen molar-refractivity contribution in [3.63, 3.8) is 0 Å². The molecule has 2 nitrogen and oxygen atoms in total. The Morgan fingerprint density at radius 3 is 2.30 bits per heavy atom. The normalized spacial score (nSPS) is 11.1. The molecule has 4 aromatic rings. The predicted molar refractivity (Wildman–Crippen MR) is 111 cm³/mol. The molecular formula is C21H13Cl2FN2S. The molecule has 0 amide bonds. The van der Waals surface area contributed by atoms with Crippen LogP contribution < -0.4 is 0 Å². The maximum Gasteiger partial charge on any atom is 0.128 e. The summed E-state index contributed by atoms with van der Waals surface area (Å²) in [6.45, 7) is 0. The van der Waals surface area contributed by atoms with Crippen molar-refractivity contribution in [3.8, 4) is 11.3 Å². The fourth-order valence-corrected chi connectivity index (χ4v) is 4.26. The molecule has 0 unspecified atom stereocenters. The van der Waals surface area contributed by atoms with Gasteiger partial charge < -0.3 is 0 Å². The van der Waals surface area contributed by atoms with Gasteiger partial charge in [0, 0.05) is 37.7 Å². The first kappa shape index (κ1) is 18.2. The van der Waals surface area contributed by atoms with E-state index in [1.807, 2.05) is 48.5 Å². The number of nitrogens with zero attached hydrogens (tertiary/aromatic N) is 2. The van der Waals surface area contributed by atoms with Gasteiger partial charge in [-0.3, -0.25) is 0 Å². The molecule has 1 aromatic heterocycles. The van der Waals surface area contributed by atoms with Gasteiger partial charge in [-0.25, -0.2) is 4.39 Å². The molecule has 134 valence electrons. The summed E-state index contributed by atoms with van der Waals surface area (Å²) in [5.74, 6) is 0.0647. The minimum absolute atomic E-state index is 0.315. The fraction of sp³-hybridized carbons (Fsp3) is 0.0476. The third-order valence-electron chi connectivity index (χ3n) is 4.19. The molecular weight excluding hydrogens is 402 g/mol. The van der Waals surface area contributed by atoms with Crippen LogP contribution in [0.2, 0.25) is 10.0 Å². The Labute approximate surface area is 170 Å². The summed E-state index contributed by atoms with van der Waals surface area (Å²) in [4.78, 5) is 0. The Kier molecular flexibility index (Phi) is 5.30. The summed E-state index contributed by atoms with van der Waals surface area (Å²) < 4.78 is 14.0. The number of fused-ring (bicyclic) bond motifs is 1. The van der Waals surface area contributed by atoms with Gasteiger partial charge >= 0.3 is 0 Å². The zero-order valence-electron chi connectivity index (χ0n) is 14.0. The van der Waals surface area contributed by atoms with E-state index >= 15 is 0 Å². The average molecular weight is 415 g/mol. The van der Waals surface area contributed by atoms with Crippen molar-refractivity contribution in [1.29, 1.82) is 0 Å². The summed E-state index contributed by atoms with van der Waals surface area (Å²) in [5, 5.41) is 12.6. The maximum atomic E-state index is 14.0. The summed E-state index contributed by atoms with van der Waals surface area (Å²) in [5.41, 5.74) is 2.20. The predicted octanol–water partition coefficient (Wildman–Crippen LogP) is 7.04. The van der Waals surface area contributed by atoms with E-state index in [1.54, 1.807) is 12.1 Å². The molecule has 0 saturated heterocycles. The van der Waals surface area contributed by atoms with Gasteiger partial charge in [-0.15, -0.1) is 10.2 Å². The second-order valence-electron chi connectivity index (χ2n) is 5.90. The van der Waals surface area contributed by atoms with Gasteiger partial charge in [-0.1, -0.05) is 77.4 Å². The molecule has 0 aliphatic carbocycles. The smallest absolute Gasteiger partial charge is 0.128 e. The number of hydrogen-bond acceptors (Lipinski definition) is 3. The standard InChI is InChI=1S/C21H13Cl2FN2S/c22-14-10-8-13(9-11-14)20-15-4-1-2-5-16(15)21(26-25-20)27-12-17-18(23)6-3-7-19(17)24/h1-11H,12H2. The topological polar surface area (TPSA) is 25.8 Å². The lowest BCUT2D eigenvalue weighted by molar-refractivity contribution is 0.617. The molecule has 1 heterocycles. The molecule has 0 fully saturated rings. The average Bonchev–Trinajstić information content (AvgIpc) is 2.68. The maximum absolute atomic E-state index is 14.0.